The summed E-state index contributed by atoms with van der Waals surface area (Å²) in [4.78, 5) is 4.84. The number of pyridine rings is 1. The molecule has 2 aromatic rings. The maximum absolute atomic E-state index is 4.34. The fourth-order valence-corrected chi connectivity index (χ4v) is 2.38. The van der Waals surface area contributed by atoms with Crippen LogP contribution in [0.1, 0.15) is 17.7 Å². The lowest BCUT2D eigenvalue weighted by atomic mass is 10.1. The van der Waals surface area contributed by atoms with Gasteiger partial charge in [0.25, 0.3) is 0 Å². The van der Waals surface area contributed by atoms with E-state index in [1.807, 2.05) is 18.3 Å². The van der Waals surface area contributed by atoms with E-state index >= 15 is 0 Å². The maximum Gasteiger partial charge on any atom is 0.0414 e. The zero-order chi connectivity index (χ0) is 11.9. The molecule has 1 aromatic carbocycles. The lowest BCUT2D eigenvalue weighted by Gasteiger charge is -2.09. The van der Waals surface area contributed by atoms with Crippen molar-refractivity contribution in [2.24, 2.45) is 0 Å². The van der Waals surface area contributed by atoms with Crippen LogP contribution in [-0.4, -0.2) is 9.81 Å². The molecule has 0 radical (unpaired) electrons. The van der Waals surface area contributed by atoms with Gasteiger partial charge in [-0.25, -0.2) is 0 Å². The zero-order valence-electron chi connectivity index (χ0n) is 9.72. The van der Waals surface area contributed by atoms with Crippen LogP contribution in [-0.2, 0) is 12.8 Å². The molecule has 0 saturated heterocycles. The zero-order valence-corrected chi connectivity index (χ0v) is 11.3. The molecule has 0 fully saturated rings. The van der Waals surface area contributed by atoms with Crippen LogP contribution in [0.2, 0.25) is 0 Å². The molecule has 88 valence electrons. The standard InChI is InChI=1S/C15H16BrN/c16-14(12-15-8-4-5-11-17-15)10-9-13-6-2-1-3-7-13/h1-8,11,14H,9-10,12H2. The molecular formula is C15H16BrN. The van der Waals surface area contributed by atoms with Crippen LogP contribution in [0.25, 0.3) is 0 Å². The third-order valence-electron chi connectivity index (χ3n) is 2.75. The van der Waals surface area contributed by atoms with E-state index < -0.39 is 0 Å². The summed E-state index contributed by atoms with van der Waals surface area (Å²) in [6.07, 6.45) is 5.10. The summed E-state index contributed by atoms with van der Waals surface area (Å²) in [5.41, 5.74) is 2.56. The quantitative estimate of drug-likeness (QED) is 0.758. The number of halogens is 1. The first-order chi connectivity index (χ1) is 8.34. The Bertz CT molecular complexity index is 427. The second kappa shape index (κ2) is 6.55. The van der Waals surface area contributed by atoms with Crippen LogP contribution in [0.15, 0.2) is 54.7 Å². The average Bonchev–Trinajstić information content (AvgIpc) is 2.39. The van der Waals surface area contributed by atoms with Gasteiger partial charge >= 0.3 is 0 Å². The normalized spacial score (nSPS) is 12.3. The molecule has 0 N–H and O–H groups in total. The number of aryl methyl sites for hydroxylation is 1. The smallest absolute Gasteiger partial charge is 0.0414 e. The first kappa shape index (κ1) is 12.3. The van der Waals surface area contributed by atoms with Gasteiger partial charge in [0, 0.05) is 23.1 Å². The van der Waals surface area contributed by atoms with E-state index in [2.05, 4.69) is 57.3 Å². The molecule has 1 heterocycles. The Hall–Kier alpha value is -1.15. The van der Waals surface area contributed by atoms with Crippen LogP contribution >= 0.6 is 15.9 Å². The highest BCUT2D eigenvalue weighted by molar-refractivity contribution is 9.09. The molecule has 17 heavy (non-hydrogen) atoms. The largest absolute Gasteiger partial charge is 0.261 e. The number of hydrogen-bond donors (Lipinski definition) is 0. The van der Waals surface area contributed by atoms with E-state index in [1.54, 1.807) is 0 Å². The summed E-state index contributed by atoms with van der Waals surface area (Å²) in [6, 6.07) is 16.7. The lowest BCUT2D eigenvalue weighted by molar-refractivity contribution is 0.751. The van der Waals surface area contributed by atoms with E-state index in [9.17, 15) is 0 Å². The van der Waals surface area contributed by atoms with Crippen LogP contribution in [0.5, 0.6) is 0 Å². The second-order valence-corrected chi connectivity index (χ2v) is 5.44. The maximum atomic E-state index is 4.34. The highest BCUT2D eigenvalue weighted by atomic mass is 79.9. The van der Waals surface area contributed by atoms with Crippen molar-refractivity contribution in [3.8, 4) is 0 Å². The summed E-state index contributed by atoms with van der Waals surface area (Å²) in [5.74, 6) is 0. The molecule has 0 saturated carbocycles. The summed E-state index contributed by atoms with van der Waals surface area (Å²) < 4.78 is 0. The summed E-state index contributed by atoms with van der Waals surface area (Å²) in [6.45, 7) is 0. The first-order valence-corrected chi connectivity index (χ1v) is 6.84. The third kappa shape index (κ3) is 4.31. The van der Waals surface area contributed by atoms with Crippen molar-refractivity contribution in [1.82, 2.24) is 4.98 Å². The average molecular weight is 290 g/mol. The Morgan fingerprint density at radius 2 is 1.76 bits per heavy atom. The molecule has 0 aliphatic carbocycles. The van der Waals surface area contributed by atoms with E-state index in [1.165, 1.54) is 5.56 Å². The van der Waals surface area contributed by atoms with Gasteiger partial charge in [-0.3, -0.25) is 4.98 Å². The molecule has 0 aliphatic rings. The molecule has 1 aromatic heterocycles. The molecule has 0 bridgehead atoms. The minimum Gasteiger partial charge on any atom is -0.261 e. The Kier molecular flexibility index (Phi) is 4.75. The molecule has 0 spiro atoms. The van der Waals surface area contributed by atoms with E-state index in [4.69, 9.17) is 0 Å². The molecule has 1 nitrogen and oxygen atoms in total. The molecule has 2 heteroatoms. The predicted molar refractivity (Wildman–Crippen MR) is 75.4 cm³/mol. The van der Waals surface area contributed by atoms with Crippen molar-refractivity contribution in [3.63, 3.8) is 0 Å². The lowest BCUT2D eigenvalue weighted by Crippen LogP contribution is -2.05. The van der Waals surface area contributed by atoms with Gasteiger partial charge in [0.2, 0.25) is 0 Å². The molecular weight excluding hydrogens is 274 g/mol. The van der Waals surface area contributed by atoms with Crippen molar-refractivity contribution in [2.75, 3.05) is 0 Å². The van der Waals surface area contributed by atoms with Crippen LogP contribution in [0.4, 0.5) is 0 Å². The van der Waals surface area contributed by atoms with Gasteiger partial charge in [-0.1, -0.05) is 52.3 Å². The van der Waals surface area contributed by atoms with Crippen LogP contribution < -0.4 is 0 Å². The molecule has 0 aliphatic heterocycles. The minimum atomic E-state index is 0.498. The molecule has 1 atom stereocenters. The van der Waals surface area contributed by atoms with Crippen molar-refractivity contribution < 1.29 is 0 Å². The highest BCUT2D eigenvalue weighted by Crippen LogP contribution is 2.15. The highest BCUT2D eigenvalue weighted by Gasteiger charge is 2.06. The van der Waals surface area contributed by atoms with E-state index in [-0.39, 0.29) is 0 Å². The molecule has 2 rings (SSSR count). The van der Waals surface area contributed by atoms with E-state index in [0.717, 1.165) is 25.0 Å². The predicted octanol–water partition coefficient (Wildman–Crippen LogP) is 4.02. The Morgan fingerprint density at radius 1 is 1.00 bits per heavy atom. The molecule has 0 amide bonds. The monoisotopic (exact) mass is 289 g/mol. The van der Waals surface area contributed by atoms with Gasteiger partial charge in [0.1, 0.15) is 0 Å². The van der Waals surface area contributed by atoms with Crippen molar-refractivity contribution in [1.29, 1.82) is 0 Å². The van der Waals surface area contributed by atoms with Crippen molar-refractivity contribution >= 4 is 15.9 Å². The fourth-order valence-electron chi connectivity index (χ4n) is 1.82. The van der Waals surface area contributed by atoms with Gasteiger partial charge in [-0.05, 0) is 30.5 Å². The number of alkyl halides is 1. The van der Waals surface area contributed by atoms with Crippen molar-refractivity contribution in [2.45, 2.75) is 24.1 Å². The van der Waals surface area contributed by atoms with Gasteiger partial charge < -0.3 is 0 Å². The number of aromatic nitrogens is 1. The number of rotatable bonds is 5. The fraction of sp³-hybridized carbons (Fsp3) is 0.267. The summed E-state index contributed by atoms with van der Waals surface area (Å²) >= 11 is 3.73. The van der Waals surface area contributed by atoms with E-state index in [0.29, 0.717) is 4.83 Å². The van der Waals surface area contributed by atoms with Crippen LogP contribution in [0, 0.1) is 0 Å². The number of hydrogen-bond acceptors (Lipinski definition) is 1. The number of nitrogens with zero attached hydrogens (tertiary/aromatic N) is 1. The van der Waals surface area contributed by atoms with Gasteiger partial charge in [-0.2, -0.15) is 0 Å². The van der Waals surface area contributed by atoms with Gasteiger partial charge in [0.15, 0.2) is 0 Å². The first-order valence-electron chi connectivity index (χ1n) is 5.92. The Morgan fingerprint density at radius 3 is 2.47 bits per heavy atom. The second-order valence-electron chi connectivity index (χ2n) is 4.15. The molecule has 1 unspecified atom stereocenters. The summed E-state index contributed by atoms with van der Waals surface area (Å²) in [7, 11) is 0. The Labute approximate surface area is 111 Å². The Balaban J connectivity index is 1.80. The summed E-state index contributed by atoms with van der Waals surface area (Å²) in [5, 5.41) is 0. The topological polar surface area (TPSA) is 12.9 Å². The van der Waals surface area contributed by atoms with Gasteiger partial charge in [0.05, 0.1) is 0 Å². The van der Waals surface area contributed by atoms with Crippen LogP contribution in [0.3, 0.4) is 0 Å². The minimum absolute atomic E-state index is 0.498. The van der Waals surface area contributed by atoms with Gasteiger partial charge in [-0.15, -0.1) is 0 Å². The third-order valence-corrected chi connectivity index (χ3v) is 3.53. The van der Waals surface area contributed by atoms with Crippen molar-refractivity contribution in [3.05, 3.63) is 66.0 Å². The number of benzene rings is 1. The SMILES string of the molecule is BrC(CCc1ccccc1)Cc1ccccn1.